The quantitative estimate of drug-likeness (QED) is 0.477. The number of benzene rings is 1. The highest BCUT2D eigenvalue weighted by molar-refractivity contribution is 7.16. The number of anilines is 1. The summed E-state index contributed by atoms with van der Waals surface area (Å²) in [6.45, 7) is 3.43. The topological polar surface area (TPSA) is 142 Å². The fourth-order valence-corrected chi connectivity index (χ4v) is 3.25. The van der Waals surface area contributed by atoms with Crippen LogP contribution in [-0.2, 0) is 4.74 Å². The van der Waals surface area contributed by atoms with Crippen molar-refractivity contribution < 1.29 is 24.2 Å². The first-order valence-corrected chi connectivity index (χ1v) is 7.91. The Labute approximate surface area is 150 Å². The van der Waals surface area contributed by atoms with Crippen molar-refractivity contribution in [1.29, 1.82) is 0 Å². The van der Waals surface area contributed by atoms with Crippen molar-refractivity contribution in [2.45, 2.75) is 13.8 Å². The van der Waals surface area contributed by atoms with Crippen LogP contribution >= 0.6 is 11.3 Å². The number of rotatable bonds is 5. The van der Waals surface area contributed by atoms with E-state index in [1.54, 1.807) is 13.8 Å². The second-order valence-electron chi connectivity index (χ2n) is 5.15. The lowest BCUT2D eigenvalue weighted by molar-refractivity contribution is -0.394. The van der Waals surface area contributed by atoms with Gasteiger partial charge in [-0.3, -0.25) is 25.0 Å². The summed E-state index contributed by atoms with van der Waals surface area (Å²) in [7, 11) is 1.20. The van der Waals surface area contributed by atoms with Gasteiger partial charge in [-0.1, -0.05) is 0 Å². The van der Waals surface area contributed by atoms with Gasteiger partial charge >= 0.3 is 5.97 Å². The standard InChI is InChI=1S/C15H13N3O7S/c1-7-8(2)26-14(12(7)15(20)25-3)16-13(19)10-5-4-9(17(21)22)6-11(10)18(23)24/h4-6H,1-3H3,(H,16,19). The molecule has 11 heteroatoms. The van der Waals surface area contributed by atoms with Crippen LogP contribution in [0.1, 0.15) is 31.2 Å². The fourth-order valence-electron chi connectivity index (χ4n) is 2.21. The zero-order chi connectivity index (χ0) is 19.6. The van der Waals surface area contributed by atoms with Crippen LogP contribution in [0.25, 0.3) is 0 Å². The summed E-state index contributed by atoms with van der Waals surface area (Å²) >= 11 is 1.12. The maximum atomic E-state index is 12.5. The molecule has 0 aliphatic rings. The third kappa shape index (κ3) is 3.52. The highest BCUT2D eigenvalue weighted by Crippen LogP contribution is 2.34. The van der Waals surface area contributed by atoms with Gasteiger partial charge < -0.3 is 10.1 Å². The number of aryl methyl sites for hydroxylation is 1. The number of nitro groups is 2. The maximum absolute atomic E-state index is 12.5. The molecule has 10 nitrogen and oxygen atoms in total. The molecule has 0 spiro atoms. The van der Waals surface area contributed by atoms with Crippen molar-refractivity contribution in [2.75, 3.05) is 12.4 Å². The van der Waals surface area contributed by atoms with Crippen molar-refractivity contribution in [3.8, 4) is 0 Å². The Morgan fingerprint density at radius 1 is 1.15 bits per heavy atom. The van der Waals surface area contributed by atoms with Crippen LogP contribution in [0.5, 0.6) is 0 Å². The molecule has 0 aliphatic carbocycles. The van der Waals surface area contributed by atoms with Crippen LogP contribution in [0.2, 0.25) is 0 Å². The Bertz CT molecular complexity index is 936. The van der Waals surface area contributed by atoms with Gasteiger partial charge in [0.05, 0.1) is 28.6 Å². The number of hydrogen-bond donors (Lipinski definition) is 1. The van der Waals surface area contributed by atoms with E-state index in [1.807, 2.05) is 0 Å². The van der Waals surface area contributed by atoms with Crippen molar-refractivity contribution in [3.63, 3.8) is 0 Å². The number of amides is 1. The van der Waals surface area contributed by atoms with E-state index in [0.717, 1.165) is 28.3 Å². The molecule has 0 bridgehead atoms. The largest absolute Gasteiger partial charge is 0.465 e. The molecule has 0 fully saturated rings. The molecule has 0 aliphatic heterocycles. The second kappa shape index (κ2) is 7.27. The number of carbonyl (C=O) groups is 2. The van der Waals surface area contributed by atoms with Crippen LogP contribution in [0.3, 0.4) is 0 Å². The van der Waals surface area contributed by atoms with Crippen molar-refractivity contribution in [2.24, 2.45) is 0 Å². The highest BCUT2D eigenvalue weighted by atomic mass is 32.1. The summed E-state index contributed by atoms with van der Waals surface area (Å²) < 4.78 is 4.70. The van der Waals surface area contributed by atoms with Crippen LogP contribution in [0.15, 0.2) is 18.2 Å². The molecule has 26 heavy (non-hydrogen) atoms. The van der Waals surface area contributed by atoms with Gasteiger partial charge in [-0.05, 0) is 25.5 Å². The summed E-state index contributed by atoms with van der Waals surface area (Å²) in [6.07, 6.45) is 0. The number of nitro benzene ring substituents is 2. The Morgan fingerprint density at radius 3 is 2.35 bits per heavy atom. The molecule has 0 radical (unpaired) electrons. The van der Waals surface area contributed by atoms with Gasteiger partial charge in [-0.15, -0.1) is 11.3 Å². The Hall–Kier alpha value is -3.34. The van der Waals surface area contributed by atoms with Gasteiger partial charge in [0, 0.05) is 10.9 Å². The van der Waals surface area contributed by atoms with Crippen LogP contribution in [0.4, 0.5) is 16.4 Å². The van der Waals surface area contributed by atoms with Gasteiger partial charge in [-0.25, -0.2) is 4.79 Å². The van der Waals surface area contributed by atoms with E-state index in [9.17, 15) is 29.8 Å². The van der Waals surface area contributed by atoms with E-state index < -0.39 is 33.1 Å². The molecule has 0 atom stereocenters. The van der Waals surface area contributed by atoms with Crippen LogP contribution in [-0.4, -0.2) is 28.8 Å². The molecular formula is C15H13N3O7S. The van der Waals surface area contributed by atoms with E-state index in [4.69, 9.17) is 4.74 Å². The summed E-state index contributed by atoms with van der Waals surface area (Å²) in [5.41, 5.74) is -0.795. The number of carbonyl (C=O) groups excluding carboxylic acids is 2. The molecule has 1 N–H and O–H groups in total. The Balaban J connectivity index is 2.46. The van der Waals surface area contributed by atoms with Gasteiger partial charge in [0.2, 0.25) is 0 Å². The molecule has 0 saturated heterocycles. The van der Waals surface area contributed by atoms with Gasteiger partial charge in [0.1, 0.15) is 10.6 Å². The van der Waals surface area contributed by atoms with E-state index >= 15 is 0 Å². The number of non-ortho nitro benzene ring substituents is 1. The zero-order valence-electron chi connectivity index (χ0n) is 13.9. The van der Waals surface area contributed by atoms with E-state index in [1.165, 1.54) is 7.11 Å². The summed E-state index contributed by atoms with van der Waals surface area (Å²) in [4.78, 5) is 45.4. The van der Waals surface area contributed by atoms with E-state index in [2.05, 4.69) is 5.32 Å². The minimum atomic E-state index is -0.881. The third-order valence-corrected chi connectivity index (χ3v) is 4.76. The van der Waals surface area contributed by atoms with Gasteiger partial charge in [0.25, 0.3) is 17.3 Å². The van der Waals surface area contributed by atoms with Crippen LogP contribution in [0, 0.1) is 34.1 Å². The first kappa shape index (κ1) is 19.0. The van der Waals surface area contributed by atoms with Crippen LogP contribution < -0.4 is 5.32 Å². The van der Waals surface area contributed by atoms with Crippen molar-refractivity contribution >= 4 is 39.6 Å². The average Bonchev–Trinajstić information content (AvgIpc) is 2.87. The Kier molecular flexibility index (Phi) is 5.31. The van der Waals surface area contributed by atoms with E-state index in [-0.39, 0.29) is 16.1 Å². The lowest BCUT2D eigenvalue weighted by Crippen LogP contribution is -2.16. The van der Waals surface area contributed by atoms with Crippen molar-refractivity contribution in [3.05, 3.63) is 60.0 Å². The average molecular weight is 379 g/mol. The molecule has 1 amide bonds. The minimum Gasteiger partial charge on any atom is -0.465 e. The fraction of sp³-hybridized carbons (Fsp3) is 0.200. The summed E-state index contributed by atoms with van der Waals surface area (Å²) in [5, 5.41) is 24.6. The SMILES string of the molecule is COC(=O)c1c(NC(=O)c2ccc([N+](=O)[O-])cc2[N+](=O)[O-])sc(C)c1C. The minimum absolute atomic E-state index is 0.160. The molecule has 2 aromatic rings. The monoisotopic (exact) mass is 379 g/mol. The predicted molar refractivity (Wildman–Crippen MR) is 92.8 cm³/mol. The summed E-state index contributed by atoms with van der Waals surface area (Å²) in [5.74, 6) is -1.52. The Morgan fingerprint density at radius 2 is 1.81 bits per heavy atom. The lowest BCUT2D eigenvalue weighted by atomic mass is 10.1. The van der Waals surface area contributed by atoms with E-state index in [0.29, 0.717) is 11.6 Å². The number of esters is 1. The number of thiophene rings is 1. The highest BCUT2D eigenvalue weighted by Gasteiger charge is 2.27. The zero-order valence-corrected chi connectivity index (χ0v) is 14.7. The lowest BCUT2D eigenvalue weighted by Gasteiger charge is -2.07. The second-order valence-corrected chi connectivity index (χ2v) is 6.37. The van der Waals surface area contributed by atoms with Gasteiger partial charge in [-0.2, -0.15) is 0 Å². The molecule has 1 aromatic heterocycles. The number of methoxy groups -OCH3 is 1. The molecule has 0 unspecified atom stereocenters. The molecule has 1 heterocycles. The predicted octanol–water partition coefficient (Wildman–Crippen LogP) is 3.22. The number of hydrogen-bond acceptors (Lipinski definition) is 8. The summed E-state index contributed by atoms with van der Waals surface area (Å²) in [6, 6.07) is 2.70. The normalized spacial score (nSPS) is 10.3. The number of nitrogens with zero attached hydrogens (tertiary/aromatic N) is 2. The first-order chi connectivity index (χ1) is 12.2. The molecule has 0 saturated carbocycles. The maximum Gasteiger partial charge on any atom is 0.341 e. The first-order valence-electron chi connectivity index (χ1n) is 7.09. The smallest absolute Gasteiger partial charge is 0.341 e. The molecule has 2 rings (SSSR count). The molecular weight excluding hydrogens is 366 g/mol. The molecule has 1 aromatic carbocycles. The third-order valence-electron chi connectivity index (χ3n) is 3.64. The van der Waals surface area contributed by atoms with Crippen molar-refractivity contribution in [1.82, 2.24) is 0 Å². The molecule has 136 valence electrons. The van der Waals surface area contributed by atoms with Gasteiger partial charge in [0.15, 0.2) is 0 Å². The number of nitrogens with one attached hydrogen (secondary N) is 1. The number of ether oxygens (including phenoxy) is 1.